The molecule has 0 heterocycles. The van der Waals surface area contributed by atoms with Gasteiger partial charge in [-0.15, -0.1) is 0 Å². The minimum Gasteiger partial charge on any atom is -0.420 e. The number of unbranched alkanes of at least 4 members (excludes halogenated alkanes) is 3. The second-order valence-corrected chi connectivity index (χ2v) is 10.2. The Morgan fingerprint density at radius 3 is 2.05 bits per heavy atom. The summed E-state index contributed by atoms with van der Waals surface area (Å²) in [4.78, 5) is 0. The summed E-state index contributed by atoms with van der Waals surface area (Å²) < 4.78 is 44.3. The molecule has 0 N–H and O–H groups in total. The Kier molecular flexibility index (Phi) is 6.75. The summed E-state index contributed by atoms with van der Waals surface area (Å²) in [6.45, 7) is 4.38. The molecule has 1 rings (SSSR count). The second kappa shape index (κ2) is 7.83. The van der Waals surface area contributed by atoms with Crippen molar-refractivity contribution in [2.24, 2.45) is 0 Å². The molecule has 1 aromatic rings. The molecule has 114 valence electrons. The molecule has 0 atom stereocenters. The van der Waals surface area contributed by atoms with Gasteiger partial charge >= 0.3 is 0 Å². The first kappa shape index (κ1) is 17.2. The number of halogens is 3. The number of hydrogen-bond donors (Lipinski definition) is 0. The van der Waals surface area contributed by atoms with E-state index in [1.165, 1.54) is 0 Å². The van der Waals surface area contributed by atoms with E-state index in [1.54, 1.807) is 7.11 Å². The highest BCUT2D eigenvalue weighted by atomic mass is 28.4. The Morgan fingerprint density at radius 1 is 0.950 bits per heavy atom. The van der Waals surface area contributed by atoms with Gasteiger partial charge in [0.25, 0.3) is 0 Å². The van der Waals surface area contributed by atoms with Gasteiger partial charge in [0, 0.05) is 7.11 Å². The molecule has 0 aliphatic heterocycles. The largest absolute Gasteiger partial charge is 0.420 e. The van der Waals surface area contributed by atoms with Gasteiger partial charge in [-0.25, -0.2) is 13.2 Å². The van der Waals surface area contributed by atoms with Gasteiger partial charge in [-0.3, -0.25) is 0 Å². The van der Waals surface area contributed by atoms with Crippen LogP contribution in [0.5, 0.6) is 0 Å². The zero-order chi connectivity index (χ0) is 15.2. The fourth-order valence-corrected chi connectivity index (χ4v) is 3.39. The molecule has 0 saturated heterocycles. The first-order chi connectivity index (χ1) is 9.35. The van der Waals surface area contributed by atoms with Crippen LogP contribution < -0.4 is 0 Å². The van der Waals surface area contributed by atoms with Gasteiger partial charge in [0.05, 0.1) is 0 Å². The molecule has 0 aliphatic carbocycles. The topological polar surface area (TPSA) is 9.23 Å². The third-order valence-corrected chi connectivity index (χ3v) is 6.25. The predicted octanol–water partition coefficient (Wildman–Crippen LogP) is 5.06. The van der Waals surface area contributed by atoms with E-state index in [4.69, 9.17) is 4.43 Å². The first-order valence-corrected chi connectivity index (χ1v) is 10.2. The SMILES string of the molecule is CO[Si](C)(C)CCCCCCc1cc(F)c(F)c(F)c1. The van der Waals surface area contributed by atoms with Crippen molar-refractivity contribution in [3.63, 3.8) is 0 Å². The molecule has 0 spiro atoms. The lowest BCUT2D eigenvalue weighted by Crippen LogP contribution is -2.27. The van der Waals surface area contributed by atoms with Crippen LogP contribution in [0.25, 0.3) is 0 Å². The molecule has 0 unspecified atom stereocenters. The van der Waals surface area contributed by atoms with E-state index in [0.29, 0.717) is 12.0 Å². The minimum atomic E-state index is -1.46. The second-order valence-electron chi connectivity index (χ2n) is 5.75. The summed E-state index contributed by atoms with van der Waals surface area (Å²) in [7, 11) is 0.304. The van der Waals surface area contributed by atoms with Gasteiger partial charge in [-0.2, -0.15) is 0 Å². The summed E-state index contributed by atoms with van der Waals surface area (Å²) in [5.41, 5.74) is 0.521. The van der Waals surface area contributed by atoms with Crippen LogP contribution in [-0.4, -0.2) is 15.4 Å². The third-order valence-electron chi connectivity index (χ3n) is 3.59. The van der Waals surface area contributed by atoms with Crippen molar-refractivity contribution in [1.82, 2.24) is 0 Å². The van der Waals surface area contributed by atoms with Gasteiger partial charge in [0.15, 0.2) is 25.8 Å². The zero-order valence-corrected chi connectivity index (χ0v) is 13.4. The van der Waals surface area contributed by atoms with Crippen molar-refractivity contribution < 1.29 is 17.6 Å². The van der Waals surface area contributed by atoms with Crippen LogP contribution in [0.1, 0.15) is 31.2 Å². The van der Waals surface area contributed by atoms with E-state index in [-0.39, 0.29) is 0 Å². The van der Waals surface area contributed by atoms with E-state index in [1.807, 2.05) is 0 Å². The average molecular weight is 304 g/mol. The first-order valence-electron chi connectivity index (χ1n) is 7.04. The average Bonchev–Trinajstić information content (AvgIpc) is 2.39. The molecule has 1 nitrogen and oxygen atoms in total. The molecule has 20 heavy (non-hydrogen) atoms. The summed E-state index contributed by atoms with van der Waals surface area (Å²) in [6, 6.07) is 3.29. The maximum Gasteiger partial charge on any atom is 0.194 e. The maximum atomic E-state index is 13.0. The van der Waals surface area contributed by atoms with Crippen molar-refractivity contribution in [2.75, 3.05) is 7.11 Å². The molecular formula is C15H23F3OSi. The van der Waals surface area contributed by atoms with Crippen LogP contribution in [0.4, 0.5) is 13.2 Å². The van der Waals surface area contributed by atoms with Crippen molar-refractivity contribution >= 4 is 8.32 Å². The van der Waals surface area contributed by atoms with Crippen LogP contribution in [0.15, 0.2) is 12.1 Å². The lowest BCUT2D eigenvalue weighted by atomic mass is 10.1. The molecule has 1 aromatic carbocycles. The van der Waals surface area contributed by atoms with E-state index in [0.717, 1.165) is 43.9 Å². The number of rotatable bonds is 8. The Balaban J connectivity index is 2.25. The van der Waals surface area contributed by atoms with Gasteiger partial charge < -0.3 is 4.43 Å². The Hall–Kier alpha value is -0.813. The monoisotopic (exact) mass is 304 g/mol. The highest BCUT2D eigenvalue weighted by molar-refractivity contribution is 6.71. The van der Waals surface area contributed by atoms with Crippen molar-refractivity contribution in [2.45, 2.75) is 51.2 Å². The maximum absolute atomic E-state index is 13.0. The Bertz CT molecular complexity index is 412. The summed E-state index contributed by atoms with van der Waals surface area (Å²) in [6.07, 6.45) is 4.67. The molecule has 0 aliphatic rings. The highest BCUT2D eigenvalue weighted by Crippen LogP contribution is 2.18. The Morgan fingerprint density at radius 2 is 1.50 bits per heavy atom. The van der Waals surface area contributed by atoms with Crippen LogP contribution in [0.3, 0.4) is 0 Å². The van der Waals surface area contributed by atoms with Crippen molar-refractivity contribution in [3.8, 4) is 0 Å². The fourth-order valence-electron chi connectivity index (χ4n) is 2.09. The lowest BCUT2D eigenvalue weighted by Gasteiger charge is -2.19. The van der Waals surface area contributed by atoms with Crippen LogP contribution >= 0.6 is 0 Å². The fraction of sp³-hybridized carbons (Fsp3) is 0.600. The minimum absolute atomic E-state index is 0.521. The van der Waals surface area contributed by atoms with Crippen molar-refractivity contribution in [3.05, 3.63) is 35.1 Å². The predicted molar refractivity (Wildman–Crippen MR) is 77.8 cm³/mol. The number of benzene rings is 1. The molecule has 0 amide bonds. The number of hydrogen-bond acceptors (Lipinski definition) is 1. The normalized spacial score (nSPS) is 11.9. The third kappa shape index (κ3) is 5.67. The lowest BCUT2D eigenvalue weighted by molar-refractivity contribution is 0.401. The van der Waals surface area contributed by atoms with E-state index in [2.05, 4.69) is 13.1 Å². The zero-order valence-electron chi connectivity index (χ0n) is 12.4. The Labute approximate surface area is 120 Å². The van der Waals surface area contributed by atoms with E-state index >= 15 is 0 Å². The summed E-state index contributed by atoms with van der Waals surface area (Å²) in [5.74, 6) is -3.60. The van der Waals surface area contributed by atoms with E-state index < -0.39 is 25.8 Å². The molecule has 0 aromatic heterocycles. The summed E-state index contributed by atoms with van der Waals surface area (Å²) >= 11 is 0. The smallest absolute Gasteiger partial charge is 0.194 e. The number of aryl methyl sites for hydroxylation is 1. The van der Waals surface area contributed by atoms with Gasteiger partial charge in [0.2, 0.25) is 0 Å². The van der Waals surface area contributed by atoms with Gasteiger partial charge in [0.1, 0.15) is 0 Å². The van der Waals surface area contributed by atoms with Crippen molar-refractivity contribution in [1.29, 1.82) is 0 Å². The van der Waals surface area contributed by atoms with Gasteiger partial charge in [-0.1, -0.05) is 19.3 Å². The molecular weight excluding hydrogens is 281 g/mol. The summed E-state index contributed by atoms with van der Waals surface area (Å²) in [5, 5.41) is 0. The van der Waals surface area contributed by atoms with Crippen LogP contribution in [-0.2, 0) is 10.8 Å². The van der Waals surface area contributed by atoms with Crippen LogP contribution in [0, 0.1) is 17.5 Å². The molecule has 0 radical (unpaired) electrons. The highest BCUT2D eigenvalue weighted by Gasteiger charge is 2.19. The molecule has 5 heteroatoms. The van der Waals surface area contributed by atoms with Gasteiger partial charge in [-0.05, 0) is 49.7 Å². The molecule has 0 fully saturated rings. The van der Waals surface area contributed by atoms with Crippen LogP contribution in [0.2, 0.25) is 19.1 Å². The molecule has 0 bridgehead atoms. The molecule has 0 saturated carbocycles. The van der Waals surface area contributed by atoms with E-state index in [9.17, 15) is 13.2 Å². The quantitative estimate of drug-likeness (QED) is 0.370. The standard InChI is InChI=1S/C15H23F3OSi/c1-19-20(2,3)9-7-5-4-6-8-12-10-13(16)15(18)14(17)11-12/h10-11H,4-9H2,1-3H3.